The lowest BCUT2D eigenvalue weighted by Gasteiger charge is -2.33. The van der Waals surface area contributed by atoms with E-state index in [-0.39, 0.29) is 22.6 Å². The standard InChI is InChI=1S/C25H23ClF3N5O3/c1-15(26)4-11-21(31-2)33-24(36)19-14-18(37-25(27,28)29)9-10-20(19)32-23(35)17-7-5-16(6-8-17)22(30)34-12-3-13-34/h4-11,14,30H,2-3,12-13H2,1H3,(H,32,35)(H,33,36)/b15-4+,21-11+,30-22?. The predicted molar refractivity (Wildman–Crippen MR) is 135 cm³/mol. The third kappa shape index (κ3) is 7.68. The molecule has 1 aliphatic rings. The van der Waals surface area contributed by atoms with Gasteiger partial charge in [0.1, 0.15) is 17.4 Å². The van der Waals surface area contributed by atoms with Gasteiger partial charge in [0.05, 0.1) is 11.3 Å². The van der Waals surface area contributed by atoms with Gasteiger partial charge >= 0.3 is 6.36 Å². The van der Waals surface area contributed by atoms with Crippen molar-refractivity contribution < 1.29 is 27.5 Å². The van der Waals surface area contributed by atoms with E-state index >= 15 is 0 Å². The first kappa shape index (κ1) is 27.5. The van der Waals surface area contributed by atoms with Gasteiger partial charge in [-0.3, -0.25) is 15.0 Å². The summed E-state index contributed by atoms with van der Waals surface area (Å²) in [7, 11) is 0. The van der Waals surface area contributed by atoms with Crippen LogP contribution in [0, 0.1) is 5.41 Å². The molecule has 0 radical (unpaired) electrons. The molecule has 1 heterocycles. The van der Waals surface area contributed by atoms with Crippen molar-refractivity contribution in [2.75, 3.05) is 18.4 Å². The number of nitrogens with zero attached hydrogens (tertiary/aromatic N) is 2. The number of hydrogen-bond acceptors (Lipinski definition) is 5. The summed E-state index contributed by atoms with van der Waals surface area (Å²) in [6.07, 6.45) is -1.18. The number of likely N-dealkylation sites (tertiary alicyclic amines) is 1. The molecule has 12 heteroatoms. The minimum atomic E-state index is -4.99. The zero-order valence-corrected chi connectivity index (χ0v) is 20.4. The minimum Gasteiger partial charge on any atom is -0.406 e. The van der Waals surface area contributed by atoms with Crippen molar-refractivity contribution in [3.05, 3.63) is 82.2 Å². The Morgan fingerprint density at radius 1 is 1.11 bits per heavy atom. The maximum absolute atomic E-state index is 12.9. The van der Waals surface area contributed by atoms with Gasteiger partial charge < -0.3 is 20.3 Å². The van der Waals surface area contributed by atoms with E-state index in [1.54, 1.807) is 19.1 Å². The Morgan fingerprint density at radius 2 is 1.76 bits per heavy atom. The number of carbonyl (C=O) groups is 2. The van der Waals surface area contributed by atoms with Crippen LogP contribution in [0.2, 0.25) is 0 Å². The van der Waals surface area contributed by atoms with Crippen LogP contribution in [0.3, 0.4) is 0 Å². The lowest BCUT2D eigenvalue weighted by Crippen LogP contribution is -2.42. The molecule has 0 spiro atoms. The molecule has 0 bridgehead atoms. The molecule has 37 heavy (non-hydrogen) atoms. The molecule has 1 fully saturated rings. The summed E-state index contributed by atoms with van der Waals surface area (Å²) in [5, 5.41) is 13.5. The number of amidine groups is 1. The SMILES string of the molecule is C=N/C(=C\C=C(/C)Cl)NC(=O)c1cc(OC(F)(F)F)ccc1NC(=O)c1ccc(C(=N)N2CCC2)cc1. The van der Waals surface area contributed by atoms with E-state index in [1.807, 2.05) is 4.90 Å². The summed E-state index contributed by atoms with van der Waals surface area (Å²) in [4.78, 5) is 31.3. The largest absolute Gasteiger partial charge is 0.573 e. The number of nitrogens with one attached hydrogen (secondary N) is 3. The predicted octanol–water partition coefficient (Wildman–Crippen LogP) is 5.28. The van der Waals surface area contributed by atoms with Crippen LogP contribution in [0.15, 0.2) is 70.5 Å². The monoisotopic (exact) mass is 533 g/mol. The molecular formula is C25H23ClF3N5O3. The summed E-state index contributed by atoms with van der Waals surface area (Å²) >= 11 is 5.77. The molecule has 2 aromatic rings. The van der Waals surface area contributed by atoms with Crippen LogP contribution in [0.5, 0.6) is 5.75 Å². The summed E-state index contributed by atoms with van der Waals surface area (Å²) in [6, 6.07) is 9.23. The number of allylic oxidation sites excluding steroid dienone is 3. The quantitative estimate of drug-likeness (QED) is 0.244. The molecule has 1 saturated heterocycles. The Bertz CT molecular complexity index is 1270. The van der Waals surface area contributed by atoms with E-state index in [0.29, 0.717) is 16.4 Å². The number of benzene rings is 2. The second kappa shape index (κ2) is 11.7. The number of carbonyl (C=O) groups excluding carboxylic acids is 2. The van der Waals surface area contributed by atoms with Gasteiger partial charge in [-0.15, -0.1) is 13.2 Å². The van der Waals surface area contributed by atoms with Gasteiger partial charge in [0.2, 0.25) is 0 Å². The van der Waals surface area contributed by atoms with Gasteiger partial charge in [-0.25, -0.2) is 4.99 Å². The van der Waals surface area contributed by atoms with Gasteiger partial charge in [-0.1, -0.05) is 23.7 Å². The number of ether oxygens (including phenoxy) is 1. The van der Waals surface area contributed by atoms with Crippen molar-refractivity contribution in [3.63, 3.8) is 0 Å². The van der Waals surface area contributed by atoms with E-state index in [0.717, 1.165) is 37.7 Å². The molecule has 0 saturated carbocycles. The molecule has 3 rings (SSSR count). The van der Waals surface area contributed by atoms with Crippen molar-refractivity contribution in [3.8, 4) is 5.75 Å². The molecule has 8 nitrogen and oxygen atoms in total. The first-order valence-electron chi connectivity index (χ1n) is 10.9. The lowest BCUT2D eigenvalue weighted by molar-refractivity contribution is -0.274. The van der Waals surface area contributed by atoms with Gasteiger partial charge in [-0.05, 0) is 62.5 Å². The normalized spacial score (nSPS) is 13.9. The molecule has 0 unspecified atom stereocenters. The minimum absolute atomic E-state index is 0.0235. The molecule has 0 atom stereocenters. The number of amides is 2. The van der Waals surface area contributed by atoms with Crippen molar-refractivity contribution in [1.29, 1.82) is 5.41 Å². The third-order valence-electron chi connectivity index (χ3n) is 5.19. The van der Waals surface area contributed by atoms with Gasteiger partial charge in [0.15, 0.2) is 0 Å². The lowest BCUT2D eigenvalue weighted by atomic mass is 10.1. The van der Waals surface area contributed by atoms with E-state index in [9.17, 15) is 22.8 Å². The number of aliphatic imine (C=N–C) groups is 1. The highest BCUT2D eigenvalue weighted by atomic mass is 35.5. The first-order valence-corrected chi connectivity index (χ1v) is 11.3. The molecule has 0 aromatic heterocycles. The smallest absolute Gasteiger partial charge is 0.406 e. The van der Waals surface area contributed by atoms with Gasteiger partial charge in [0, 0.05) is 29.2 Å². The number of alkyl halides is 3. The summed E-state index contributed by atoms with van der Waals surface area (Å²) in [5.74, 6) is -1.81. The maximum atomic E-state index is 12.9. The van der Waals surface area contributed by atoms with Crippen molar-refractivity contribution in [1.82, 2.24) is 10.2 Å². The van der Waals surface area contributed by atoms with Crippen LogP contribution in [-0.4, -0.2) is 48.7 Å². The second-order valence-corrected chi connectivity index (χ2v) is 8.49. The zero-order valence-electron chi connectivity index (χ0n) is 19.7. The first-order chi connectivity index (χ1) is 17.5. The fourth-order valence-corrected chi connectivity index (χ4v) is 3.29. The van der Waals surface area contributed by atoms with Crippen LogP contribution in [-0.2, 0) is 0 Å². The maximum Gasteiger partial charge on any atom is 0.573 e. The van der Waals surface area contributed by atoms with E-state index < -0.39 is 23.9 Å². The number of hydrogen-bond donors (Lipinski definition) is 3. The molecule has 2 amide bonds. The van der Waals surface area contributed by atoms with Crippen molar-refractivity contribution in [2.45, 2.75) is 19.7 Å². The highest BCUT2D eigenvalue weighted by Gasteiger charge is 2.31. The highest BCUT2D eigenvalue weighted by molar-refractivity contribution is 6.29. The van der Waals surface area contributed by atoms with Crippen LogP contribution in [0.1, 0.15) is 39.6 Å². The fourth-order valence-electron chi connectivity index (χ4n) is 3.23. The van der Waals surface area contributed by atoms with E-state index in [4.69, 9.17) is 17.0 Å². The fraction of sp³-hybridized carbons (Fsp3) is 0.200. The van der Waals surface area contributed by atoms with Crippen LogP contribution in [0.4, 0.5) is 18.9 Å². The molecule has 1 aliphatic heterocycles. The van der Waals surface area contributed by atoms with Crippen LogP contribution < -0.4 is 15.4 Å². The summed E-state index contributed by atoms with van der Waals surface area (Å²) in [5.41, 5.74) is 0.481. The van der Waals surface area contributed by atoms with Crippen LogP contribution >= 0.6 is 11.6 Å². The van der Waals surface area contributed by atoms with Gasteiger partial charge in [0.25, 0.3) is 11.8 Å². The van der Waals surface area contributed by atoms with Crippen molar-refractivity contribution >= 4 is 41.7 Å². The number of rotatable bonds is 8. The molecule has 3 N–H and O–H groups in total. The number of halogens is 4. The Labute approximate surface area is 216 Å². The Morgan fingerprint density at radius 3 is 2.30 bits per heavy atom. The summed E-state index contributed by atoms with van der Waals surface area (Å²) < 4.78 is 42.2. The average molecular weight is 534 g/mol. The van der Waals surface area contributed by atoms with Gasteiger partial charge in [-0.2, -0.15) is 0 Å². The molecule has 2 aromatic carbocycles. The third-order valence-corrected chi connectivity index (χ3v) is 5.32. The average Bonchev–Trinajstić information content (AvgIpc) is 2.80. The molecule has 0 aliphatic carbocycles. The highest BCUT2D eigenvalue weighted by Crippen LogP contribution is 2.28. The zero-order chi connectivity index (χ0) is 27.2. The van der Waals surface area contributed by atoms with Crippen LogP contribution in [0.25, 0.3) is 0 Å². The van der Waals surface area contributed by atoms with E-state index in [2.05, 4.69) is 27.1 Å². The Hall–Kier alpha value is -4.12. The molecular weight excluding hydrogens is 511 g/mol. The number of anilines is 1. The Balaban J connectivity index is 1.86. The molecule has 194 valence electrons. The Kier molecular flexibility index (Phi) is 8.72. The second-order valence-electron chi connectivity index (χ2n) is 7.89. The summed E-state index contributed by atoms with van der Waals surface area (Å²) in [6.45, 7) is 6.54. The van der Waals surface area contributed by atoms with Crippen molar-refractivity contribution in [2.24, 2.45) is 4.99 Å². The van der Waals surface area contributed by atoms with E-state index in [1.165, 1.54) is 24.3 Å². The topological polar surface area (TPSA) is 107 Å².